The summed E-state index contributed by atoms with van der Waals surface area (Å²) in [6, 6.07) is 0. The quantitative estimate of drug-likeness (QED) is 0.555. The zero-order valence-corrected chi connectivity index (χ0v) is 7.21. The van der Waals surface area contributed by atoms with Gasteiger partial charge in [0.15, 0.2) is 0 Å². The van der Waals surface area contributed by atoms with Crippen molar-refractivity contribution in [1.29, 1.82) is 0 Å². The summed E-state index contributed by atoms with van der Waals surface area (Å²) in [5, 5.41) is 0. The lowest BCUT2D eigenvalue weighted by Crippen LogP contribution is -2.16. The third-order valence-corrected chi connectivity index (χ3v) is 2.02. The summed E-state index contributed by atoms with van der Waals surface area (Å²) in [5.74, 6) is -0.614. The molecule has 1 rings (SSSR count). The van der Waals surface area contributed by atoms with E-state index < -0.39 is 17.6 Å². The first-order valence-corrected chi connectivity index (χ1v) is 4.12. The van der Waals surface area contributed by atoms with Gasteiger partial charge < -0.3 is 0 Å². The van der Waals surface area contributed by atoms with E-state index in [-0.39, 0.29) is 24.8 Å². The van der Waals surface area contributed by atoms with Crippen molar-refractivity contribution < 1.29 is 17.6 Å². The monoisotopic (exact) mass is 194 g/mol. The number of hydrogen-bond donors (Lipinski definition) is 0. The fraction of sp³-hybridized carbons (Fsp3) is 0.556. The molecule has 0 aliphatic heterocycles. The second kappa shape index (κ2) is 3.52. The Morgan fingerprint density at radius 1 is 1.38 bits per heavy atom. The molecular weight excluding hydrogens is 184 g/mol. The van der Waals surface area contributed by atoms with Gasteiger partial charge in [0.1, 0.15) is 5.83 Å². The van der Waals surface area contributed by atoms with Crippen LogP contribution in [-0.2, 0) is 0 Å². The number of allylic oxidation sites excluding steroid dienone is 4. The molecule has 0 spiro atoms. The molecule has 0 radical (unpaired) electrons. The van der Waals surface area contributed by atoms with Crippen LogP contribution in [0.1, 0.15) is 26.2 Å². The SMILES string of the molecule is CCC1=C(F)CCC=C1C(F)(F)F. The van der Waals surface area contributed by atoms with Gasteiger partial charge >= 0.3 is 6.18 Å². The molecule has 1 aliphatic rings. The standard InChI is InChI=1S/C9H10F4/c1-2-6-7(9(11,12)13)4-3-5-8(6)10/h4H,2-3,5H2,1H3. The van der Waals surface area contributed by atoms with Crippen LogP contribution in [0.2, 0.25) is 0 Å². The molecule has 13 heavy (non-hydrogen) atoms. The van der Waals surface area contributed by atoms with Crippen LogP contribution in [0.15, 0.2) is 23.0 Å². The molecule has 0 bridgehead atoms. The van der Waals surface area contributed by atoms with Crippen LogP contribution in [0.3, 0.4) is 0 Å². The maximum atomic E-state index is 13.0. The Balaban J connectivity index is 3.04. The smallest absolute Gasteiger partial charge is 0.212 e. The van der Waals surface area contributed by atoms with E-state index in [0.717, 1.165) is 6.08 Å². The third-order valence-electron chi connectivity index (χ3n) is 2.02. The van der Waals surface area contributed by atoms with Gasteiger partial charge in [0.05, 0.1) is 5.57 Å². The first-order valence-electron chi connectivity index (χ1n) is 4.12. The highest BCUT2D eigenvalue weighted by atomic mass is 19.4. The van der Waals surface area contributed by atoms with Gasteiger partial charge in [-0.3, -0.25) is 0 Å². The molecular formula is C9H10F4. The van der Waals surface area contributed by atoms with Crippen molar-refractivity contribution >= 4 is 0 Å². The minimum absolute atomic E-state index is 0.0944. The van der Waals surface area contributed by atoms with Crippen LogP contribution in [-0.4, -0.2) is 6.18 Å². The third kappa shape index (κ3) is 2.11. The van der Waals surface area contributed by atoms with Gasteiger partial charge in [-0.05, 0) is 18.4 Å². The molecule has 0 nitrogen and oxygen atoms in total. The molecule has 0 N–H and O–H groups in total. The molecule has 0 saturated carbocycles. The highest BCUT2D eigenvalue weighted by Crippen LogP contribution is 2.38. The maximum absolute atomic E-state index is 13.0. The highest BCUT2D eigenvalue weighted by Gasteiger charge is 2.37. The summed E-state index contributed by atoms with van der Waals surface area (Å²) in [4.78, 5) is 0. The molecule has 0 aromatic rings. The maximum Gasteiger partial charge on any atom is 0.416 e. The van der Waals surface area contributed by atoms with Gasteiger partial charge in [0.25, 0.3) is 0 Å². The van der Waals surface area contributed by atoms with Crippen LogP contribution in [0.25, 0.3) is 0 Å². The second-order valence-electron chi connectivity index (χ2n) is 2.89. The number of alkyl halides is 3. The van der Waals surface area contributed by atoms with Gasteiger partial charge in [0.2, 0.25) is 0 Å². The summed E-state index contributed by atoms with van der Waals surface area (Å²) in [6.45, 7) is 1.53. The van der Waals surface area contributed by atoms with Gasteiger partial charge in [-0.25, -0.2) is 4.39 Å². The first kappa shape index (κ1) is 10.3. The zero-order chi connectivity index (χ0) is 10.1. The van der Waals surface area contributed by atoms with E-state index in [2.05, 4.69) is 0 Å². The molecule has 74 valence electrons. The predicted octanol–water partition coefficient (Wildman–Crippen LogP) is 3.90. The first-order chi connectivity index (χ1) is 5.96. The van der Waals surface area contributed by atoms with E-state index in [0.29, 0.717) is 0 Å². The molecule has 0 amide bonds. The fourth-order valence-corrected chi connectivity index (χ4v) is 1.43. The lowest BCUT2D eigenvalue weighted by molar-refractivity contribution is -0.0903. The highest BCUT2D eigenvalue weighted by molar-refractivity contribution is 5.39. The minimum Gasteiger partial charge on any atom is -0.212 e. The van der Waals surface area contributed by atoms with Crippen LogP contribution in [0.5, 0.6) is 0 Å². The normalized spacial score (nSPS) is 19.0. The zero-order valence-electron chi connectivity index (χ0n) is 7.21. The van der Waals surface area contributed by atoms with E-state index in [1.165, 1.54) is 6.92 Å². The van der Waals surface area contributed by atoms with Crippen molar-refractivity contribution in [3.05, 3.63) is 23.0 Å². The number of rotatable bonds is 1. The van der Waals surface area contributed by atoms with Crippen LogP contribution in [0, 0.1) is 0 Å². The molecule has 0 unspecified atom stereocenters. The Morgan fingerprint density at radius 2 is 2.00 bits per heavy atom. The van der Waals surface area contributed by atoms with Crippen molar-refractivity contribution in [2.45, 2.75) is 32.4 Å². The summed E-state index contributed by atoms with van der Waals surface area (Å²) in [6.07, 6.45) is -3.00. The molecule has 0 aromatic carbocycles. The van der Waals surface area contributed by atoms with E-state index in [1.54, 1.807) is 0 Å². The second-order valence-corrected chi connectivity index (χ2v) is 2.89. The molecule has 0 saturated heterocycles. The molecule has 4 heteroatoms. The van der Waals surface area contributed by atoms with Crippen LogP contribution < -0.4 is 0 Å². The Bertz CT molecular complexity index is 257. The summed E-state index contributed by atoms with van der Waals surface area (Å²) >= 11 is 0. The number of hydrogen-bond acceptors (Lipinski definition) is 0. The van der Waals surface area contributed by atoms with E-state index in [1.807, 2.05) is 0 Å². The summed E-state index contributed by atoms with van der Waals surface area (Å²) in [5.41, 5.74) is -0.975. The van der Waals surface area contributed by atoms with Crippen molar-refractivity contribution in [3.8, 4) is 0 Å². The number of halogens is 4. The van der Waals surface area contributed by atoms with Gasteiger partial charge in [-0.15, -0.1) is 0 Å². The Kier molecular flexibility index (Phi) is 2.78. The van der Waals surface area contributed by atoms with Gasteiger partial charge in [-0.2, -0.15) is 13.2 Å². The molecule has 0 atom stereocenters. The van der Waals surface area contributed by atoms with Crippen molar-refractivity contribution in [2.75, 3.05) is 0 Å². The lowest BCUT2D eigenvalue weighted by atomic mass is 9.94. The van der Waals surface area contributed by atoms with Gasteiger partial charge in [0, 0.05) is 6.42 Å². The molecule has 0 heterocycles. The Hall–Kier alpha value is -0.800. The van der Waals surface area contributed by atoms with Crippen LogP contribution in [0.4, 0.5) is 17.6 Å². The average Bonchev–Trinajstić information content (AvgIpc) is 2.02. The van der Waals surface area contributed by atoms with Crippen LogP contribution >= 0.6 is 0 Å². The summed E-state index contributed by atoms with van der Waals surface area (Å²) in [7, 11) is 0. The molecule has 0 fully saturated rings. The van der Waals surface area contributed by atoms with Crippen molar-refractivity contribution in [2.24, 2.45) is 0 Å². The fourth-order valence-electron chi connectivity index (χ4n) is 1.43. The topological polar surface area (TPSA) is 0 Å². The average molecular weight is 194 g/mol. The predicted molar refractivity (Wildman–Crippen MR) is 41.8 cm³/mol. The molecule has 0 aromatic heterocycles. The Morgan fingerprint density at radius 3 is 2.38 bits per heavy atom. The van der Waals surface area contributed by atoms with E-state index >= 15 is 0 Å². The van der Waals surface area contributed by atoms with Crippen molar-refractivity contribution in [1.82, 2.24) is 0 Å². The molecule has 1 aliphatic carbocycles. The van der Waals surface area contributed by atoms with Crippen molar-refractivity contribution in [3.63, 3.8) is 0 Å². The lowest BCUT2D eigenvalue weighted by Gasteiger charge is -2.18. The largest absolute Gasteiger partial charge is 0.416 e. The minimum atomic E-state index is -4.41. The summed E-state index contributed by atoms with van der Waals surface area (Å²) < 4.78 is 49.8. The van der Waals surface area contributed by atoms with Gasteiger partial charge in [-0.1, -0.05) is 13.0 Å². The Labute approximate surface area is 73.9 Å². The van der Waals surface area contributed by atoms with E-state index in [4.69, 9.17) is 0 Å². The van der Waals surface area contributed by atoms with E-state index in [9.17, 15) is 17.6 Å².